The largest absolute Gasteiger partial charge is 0.352 e. The fourth-order valence-corrected chi connectivity index (χ4v) is 3.29. The monoisotopic (exact) mass is 305 g/mol. The van der Waals surface area contributed by atoms with Crippen molar-refractivity contribution in [1.29, 1.82) is 0 Å². The zero-order valence-electron chi connectivity index (χ0n) is 12.2. The molecule has 1 aliphatic heterocycles. The third-order valence-corrected chi connectivity index (χ3v) is 4.48. The minimum Gasteiger partial charge on any atom is -0.352 e. The molecule has 0 atom stereocenters. The molecular formula is C14H19N5OS. The zero-order chi connectivity index (χ0) is 15.0. The number of aromatic nitrogens is 2. The Morgan fingerprint density at radius 3 is 2.67 bits per heavy atom. The Hall–Kier alpha value is -1.73. The number of anilines is 1. The third-order valence-electron chi connectivity index (χ3n) is 3.66. The number of hydrogen-bond acceptors (Lipinski definition) is 6. The molecule has 1 fully saturated rings. The van der Waals surface area contributed by atoms with Gasteiger partial charge in [-0.3, -0.25) is 4.79 Å². The van der Waals surface area contributed by atoms with Crippen LogP contribution >= 0.6 is 11.3 Å². The van der Waals surface area contributed by atoms with Crippen LogP contribution in [-0.4, -0.2) is 52.5 Å². The molecule has 1 aliphatic rings. The first-order valence-electron chi connectivity index (χ1n) is 6.98. The third kappa shape index (κ3) is 2.71. The summed E-state index contributed by atoms with van der Waals surface area (Å²) in [5.41, 5.74) is 5.08. The molecule has 0 spiro atoms. The van der Waals surface area contributed by atoms with E-state index in [1.54, 1.807) is 31.5 Å². The Balaban J connectivity index is 1.74. The molecule has 0 aliphatic carbocycles. The molecule has 0 saturated carbocycles. The summed E-state index contributed by atoms with van der Waals surface area (Å²) in [6.45, 7) is 6.39. The van der Waals surface area contributed by atoms with Gasteiger partial charge in [0.1, 0.15) is 17.0 Å². The predicted octanol–water partition coefficient (Wildman–Crippen LogP) is 1.08. The van der Waals surface area contributed by atoms with Crippen LogP contribution in [0.25, 0.3) is 10.2 Å². The van der Waals surface area contributed by atoms with Crippen molar-refractivity contribution in [2.24, 2.45) is 5.73 Å². The van der Waals surface area contributed by atoms with Gasteiger partial charge in [0.15, 0.2) is 0 Å². The quantitative estimate of drug-likeness (QED) is 0.898. The second-order valence-electron chi connectivity index (χ2n) is 5.84. The minimum absolute atomic E-state index is 0.00511. The van der Waals surface area contributed by atoms with Gasteiger partial charge in [-0.2, -0.15) is 0 Å². The highest BCUT2D eigenvalue weighted by molar-refractivity contribution is 7.16. The number of piperazine rings is 1. The van der Waals surface area contributed by atoms with Gasteiger partial charge in [-0.05, 0) is 25.3 Å². The smallest absolute Gasteiger partial charge is 0.242 e. The van der Waals surface area contributed by atoms with Crippen LogP contribution in [0.5, 0.6) is 0 Å². The average molecular weight is 305 g/mol. The molecule has 7 heteroatoms. The van der Waals surface area contributed by atoms with Crippen LogP contribution in [0.3, 0.4) is 0 Å². The minimum atomic E-state index is -0.808. The molecule has 6 nitrogen and oxygen atoms in total. The number of carbonyl (C=O) groups excluding carboxylic acids is 1. The van der Waals surface area contributed by atoms with Crippen LogP contribution in [0, 0.1) is 0 Å². The van der Waals surface area contributed by atoms with Gasteiger partial charge in [-0.1, -0.05) is 0 Å². The van der Waals surface area contributed by atoms with Crippen molar-refractivity contribution in [3.05, 3.63) is 17.8 Å². The second kappa shape index (κ2) is 5.23. The van der Waals surface area contributed by atoms with E-state index in [4.69, 9.17) is 5.73 Å². The number of fused-ring (bicyclic) bond motifs is 1. The molecule has 0 aromatic carbocycles. The normalized spacial score (nSPS) is 16.5. The molecule has 3 heterocycles. The summed E-state index contributed by atoms with van der Waals surface area (Å²) in [4.78, 5) is 25.9. The van der Waals surface area contributed by atoms with Crippen molar-refractivity contribution in [3.8, 4) is 0 Å². The Bertz CT molecular complexity index is 655. The lowest BCUT2D eigenvalue weighted by atomic mass is 10.0. The summed E-state index contributed by atoms with van der Waals surface area (Å²) in [5.74, 6) is 0.964. The molecule has 1 saturated heterocycles. The summed E-state index contributed by atoms with van der Waals surface area (Å²) in [7, 11) is 0. The fourth-order valence-electron chi connectivity index (χ4n) is 2.56. The molecule has 0 unspecified atom stereocenters. The number of amides is 1. The van der Waals surface area contributed by atoms with Gasteiger partial charge in [-0.15, -0.1) is 11.3 Å². The number of carbonyl (C=O) groups is 1. The van der Waals surface area contributed by atoms with Crippen LogP contribution in [0.2, 0.25) is 0 Å². The van der Waals surface area contributed by atoms with E-state index in [-0.39, 0.29) is 5.91 Å². The Morgan fingerprint density at radius 2 is 2.00 bits per heavy atom. The SMILES string of the molecule is CC(C)(N)C(=O)N1CCN(c2ncnc3sccc23)CC1. The maximum Gasteiger partial charge on any atom is 0.242 e. The van der Waals surface area contributed by atoms with E-state index in [9.17, 15) is 4.79 Å². The molecule has 112 valence electrons. The van der Waals surface area contributed by atoms with Gasteiger partial charge in [0.25, 0.3) is 0 Å². The standard InChI is InChI=1S/C14H19N5OS/c1-14(2,15)13(20)19-6-4-18(5-7-19)11-10-3-8-21-12(10)17-9-16-11/h3,8-9H,4-7,15H2,1-2H3. The van der Waals surface area contributed by atoms with Gasteiger partial charge < -0.3 is 15.5 Å². The van der Waals surface area contributed by atoms with Crippen LogP contribution in [-0.2, 0) is 4.79 Å². The summed E-state index contributed by atoms with van der Waals surface area (Å²) in [5, 5.41) is 3.11. The highest BCUT2D eigenvalue weighted by Crippen LogP contribution is 2.27. The number of rotatable bonds is 2. The van der Waals surface area contributed by atoms with E-state index in [0.717, 1.165) is 29.1 Å². The molecule has 1 amide bonds. The molecule has 2 aromatic rings. The lowest BCUT2D eigenvalue weighted by Gasteiger charge is -2.38. The summed E-state index contributed by atoms with van der Waals surface area (Å²) in [6.07, 6.45) is 1.61. The van der Waals surface area contributed by atoms with Gasteiger partial charge in [0.2, 0.25) is 5.91 Å². The Kier molecular flexibility index (Phi) is 3.54. The Labute approximate surface area is 127 Å². The van der Waals surface area contributed by atoms with Crippen molar-refractivity contribution in [2.45, 2.75) is 19.4 Å². The summed E-state index contributed by atoms with van der Waals surface area (Å²) in [6, 6.07) is 2.05. The van der Waals surface area contributed by atoms with Gasteiger partial charge in [0.05, 0.1) is 10.9 Å². The molecule has 2 N–H and O–H groups in total. The maximum absolute atomic E-state index is 12.2. The molecular weight excluding hydrogens is 286 g/mol. The van der Waals surface area contributed by atoms with E-state index in [1.165, 1.54) is 0 Å². The first-order chi connectivity index (χ1) is 9.97. The number of hydrogen-bond donors (Lipinski definition) is 1. The van der Waals surface area contributed by atoms with Crippen LogP contribution in [0.4, 0.5) is 5.82 Å². The van der Waals surface area contributed by atoms with Crippen molar-refractivity contribution in [3.63, 3.8) is 0 Å². The first kappa shape index (κ1) is 14.2. The first-order valence-corrected chi connectivity index (χ1v) is 7.86. The van der Waals surface area contributed by atoms with Crippen molar-refractivity contribution in [2.75, 3.05) is 31.1 Å². The topological polar surface area (TPSA) is 75.4 Å². The lowest BCUT2D eigenvalue weighted by Crippen LogP contribution is -2.57. The van der Waals surface area contributed by atoms with Crippen molar-refractivity contribution < 1.29 is 4.79 Å². The molecule has 21 heavy (non-hydrogen) atoms. The number of nitrogens with zero attached hydrogens (tertiary/aromatic N) is 4. The number of nitrogens with two attached hydrogens (primary N) is 1. The number of thiophene rings is 1. The molecule has 2 aromatic heterocycles. The Morgan fingerprint density at radius 1 is 1.29 bits per heavy atom. The van der Waals surface area contributed by atoms with Crippen LogP contribution < -0.4 is 10.6 Å². The van der Waals surface area contributed by atoms with Crippen molar-refractivity contribution >= 4 is 33.3 Å². The molecule has 3 rings (SSSR count). The van der Waals surface area contributed by atoms with E-state index in [1.807, 2.05) is 10.3 Å². The summed E-state index contributed by atoms with van der Waals surface area (Å²) >= 11 is 1.62. The molecule has 0 radical (unpaired) electrons. The molecule has 0 bridgehead atoms. The fraction of sp³-hybridized carbons (Fsp3) is 0.500. The van der Waals surface area contributed by atoms with E-state index >= 15 is 0 Å². The van der Waals surface area contributed by atoms with Gasteiger partial charge >= 0.3 is 0 Å². The van der Waals surface area contributed by atoms with Gasteiger partial charge in [0, 0.05) is 26.2 Å². The second-order valence-corrected chi connectivity index (χ2v) is 6.73. The van der Waals surface area contributed by atoms with Crippen molar-refractivity contribution in [1.82, 2.24) is 14.9 Å². The van der Waals surface area contributed by atoms with E-state index < -0.39 is 5.54 Å². The van der Waals surface area contributed by atoms with E-state index in [0.29, 0.717) is 13.1 Å². The lowest BCUT2D eigenvalue weighted by molar-refractivity contribution is -0.136. The van der Waals surface area contributed by atoms with Gasteiger partial charge in [-0.25, -0.2) is 9.97 Å². The highest BCUT2D eigenvalue weighted by atomic mass is 32.1. The average Bonchev–Trinajstić information content (AvgIpc) is 2.94. The maximum atomic E-state index is 12.2. The highest BCUT2D eigenvalue weighted by Gasteiger charge is 2.30. The summed E-state index contributed by atoms with van der Waals surface area (Å²) < 4.78 is 0. The van der Waals surface area contributed by atoms with Crippen LogP contribution in [0.1, 0.15) is 13.8 Å². The van der Waals surface area contributed by atoms with E-state index in [2.05, 4.69) is 20.9 Å². The zero-order valence-corrected chi connectivity index (χ0v) is 13.1. The predicted molar refractivity (Wildman–Crippen MR) is 84.5 cm³/mol. The van der Waals surface area contributed by atoms with Crippen LogP contribution in [0.15, 0.2) is 17.8 Å².